The van der Waals surface area contributed by atoms with E-state index in [4.69, 9.17) is 0 Å². The smallest absolute Gasteiger partial charge is 0.123 e. The van der Waals surface area contributed by atoms with Crippen LogP contribution in [0.5, 0.6) is 5.75 Å². The van der Waals surface area contributed by atoms with Gasteiger partial charge in [-0.3, -0.25) is 0 Å². The van der Waals surface area contributed by atoms with E-state index in [-0.39, 0.29) is 17.5 Å². The van der Waals surface area contributed by atoms with Crippen molar-refractivity contribution in [2.24, 2.45) is 0 Å². The Morgan fingerprint density at radius 1 is 1.08 bits per heavy atom. The van der Waals surface area contributed by atoms with Gasteiger partial charge in [-0.25, -0.2) is 8.78 Å². The van der Waals surface area contributed by atoms with Crippen molar-refractivity contribution in [1.82, 2.24) is 4.90 Å². The number of benzene rings is 2. The molecule has 1 atom stereocenters. The van der Waals surface area contributed by atoms with Crippen molar-refractivity contribution in [2.45, 2.75) is 12.3 Å². The lowest BCUT2D eigenvalue weighted by Crippen LogP contribution is -2.14. The molecule has 0 saturated carbocycles. The molecule has 0 radical (unpaired) electrons. The highest BCUT2D eigenvalue weighted by Crippen LogP contribution is 2.37. The molecule has 4 heteroatoms. The zero-order valence-corrected chi connectivity index (χ0v) is 13.4. The van der Waals surface area contributed by atoms with Crippen molar-refractivity contribution in [2.75, 3.05) is 13.6 Å². The van der Waals surface area contributed by atoms with Crippen LogP contribution in [0, 0.1) is 11.6 Å². The summed E-state index contributed by atoms with van der Waals surface area (Å²) in [6.07, 6.45) is 6.71. The molecule has 1 aliphatic rings. The van der Waals surface area contributed by atoms with Gasteiger partial charge in [-0.2, -0.15) is 0 Å². The van der Waals surface area contributed by atoms with E-state index in [2.05, 4.69) is 11.0 Å². The summed E-state index contributed by atoms with van der Waals surface area (Å²) in [5.74, 6) is -0.925. The molecule has 1 heterocycles. The standard InChI is InChI=1S/C20H19F2NO/c1-23-10-8-14(9-11-23)12-18(15-2-4-16(21)5-3-15)19-13-17(22)6-7-20(19)24/h2-10,13,18,24H,11-12H2,1H3. The number of rotatable bonds is 4. The van der Waals surface area contributed by atoms with Gasteiger partial charge in [0.05, 0.1) is 0 Å². The molecule has 2 aromatic rings. The lowest BCUT2D eigenvalue weighted by molar-refractivity contribution is 0.461. The quantitative estimate of drug-likeness (QED) is 0.888. The summed E-state index contributed by atoms with van der Waals surface area (Å²) in [5, 5.41) is 10.2. The molecule has 2 aromatic carbocycles. The largest absolute Gasteiger partial charge is 0.508 e. The van der Waals surface area contributed by atoms with E-state index in [0.717, 1.165) is 17.7 Å². The number of aromatic hydroxyl groups is 1. The third-order valence-corrected chi connectivity index (χ3v) is 4.26. The van der Waals surface area contributed by atoms with Gasteiger partial charge in [-0.1, -0.05) is 18.2 Å². The number of allylic oxidation sites excluding steroid dienone is 2. The molecule has 0 aliphatic carbocycles. The van der Waals surface area contributed by atoms with Crippen molar-refractivity contribution >= 4 is 0 Å². The number of hydrogen-bond donors (Lipinski definition) is 1. The molecule has 0 saturated heterocycles. The zero-order chi connectivity index (χ0) is 17.1. The Morgan fingerprint density at radius 3 is 2.46 bits per heavy atom. The molecule has 3 rings (SSSR count). The highest BCUT2D eigenvalue weighted by Gasteiger charge is 2.20. The maximum Gasteiger partial charge on any atom is 0.123 e. The monoisotopic (exact) mass is 327 g/mol. The molecular weight excluding hydrogens is 308 g/mol. The van der Waals surface area contributed by atoms with Crippen molar-refractivity contribution in [3.63, 3.8) is 0 Å². The average Bonchev–Trinajstić information content (AvgIpc) is 2.58. The van der Waals surface area contributed by atoms with Crippen LogP contribution in [-0.4, -0.2) is 23.6 Å². The molecule has 0 amide bonds. The first-order valence-electron chi connectivity index (χ1n) is 7.84. The van der Waals surface area contributed by atoms with Crippen LogP contribution in [0.2, 0.25) is 0 Å². The summed E-state index contributed by atoms with van der Waals surface area (Å²) in [4.78, 5) is 2.05. The second kappa shape index (κ2) is 6.87. The van der Waals surface area contributed by atoms with E-state index in [1.54, 1.807) is 12.1 Å². The van der Waals surface area contributed by atoms with E-state index in [9.17, 15) is 13.9 Å². The summed E-state index contributed by atoms with van der Waals surface area (Å²) in [5.41, 5.74) is 2.45. The Labute approximate surface area is 140 Å². The topological polar surface area (TPSA) is 23.5 Å². The molecule has 0 aromatic heterocycles. The van der Waals surface area contributed by atoms with Crippen molar-refractivity contribution in [3.8, 4) is 5.75 Å². The van der Waals surface area contributed by atoms with Gasteiger partial charge in [0.2, 0.25) is 0 Å². The maximum atomic E-state index is 13.7. The number of nitrogens with zero attached hydrogens (tertiary/aromatic N) is 1. The molecule has 0 bridgehead atoms. The predicted octanol–water partition coefficient (Wildman–Crippen LogP) is 4.58. The highest BCUT2D eigenvalue weighted by atomic mass is 19.1. The third kappa shape index (κ3) is 3.65. The fourth-order valence-corrected chi connectivity index (χ4v) is 2.91. The van der Waals surface area contributed by atoms with E-state index in [1.807, 2.05) is 19.3 Å². The molecule has 124 valence electrons. The van der Waals surface area contributed by atoms with Crippen molar-refractivity contribution < 1.29 is 13.9 Å². The van der Waals surface area contributed by atoms with Crippen LogP contribution in [0.3, 0.4) is 0 Å². The molecule has 0 spiro atoms. The summed E-state index contributed by atoms with van der Waals surface area (Å²) < 4.78 is 27.0. The zero-order valence-electron chi connectivity index (χ0n) is 13.4. The Morgan fingerprint density at radius 2 is 1.79 bits per heavy atom. The summed E-state index contributed by atoms with van der Waals surface area (Å²) in [6, 6.07) is 10.1. The molecule has 0 fully saturated rings. The van der Waals surface area contributed by atoms with Crippen molar-refractivity contribution in [1.29, 1.82) is 0 Å². The van der Waals surface area contributed by atoms with Crippen LogP contribution in [0.25, 0.3) is 0 Å². The normalized spacial score (nSPS) is 15.3. The van der Waals surface area contributed by atoms with Crippen LogP contribution in [0.15, 0.2) is 66.4 Å². The van der Waals surface area contributed by atoms with Crippen LogP contribution in [0.1, 0.15) is 23.5 Å². The summed E-state index contributed by atoms with van der Waals surface area (Å²) >= 11 is 0. The number of phenols is 1. The molecule has 1 aliphatic heterocycles. The minimum Gasteiger partial charge on any atom is -0.508 e. The second-order valence-corrected chi connectivity index (χ2v) is 6.05. The molecule has 1 N–H and O–H groups in total. The van der Waals surface area contributed by atoms with Crippen LogP contribution in [0.4, 0.5) is 8.78 Å². The van der Waals surface area contributed by atoms with Gasteiger partial charge in [0.25, 0.3) is 0 Å². The maximum absolute atomic E-state index is 13.7. The van der Waals surface area contributed by atoms with Gasteiger partial charge < -0.3 is 10.0 Å². The van der Waals surface area contributed by atoms with Crippen LogP contribution < -0.4 is 0 Å². The van der Waals surface area contributed by atoms with Gasteiger partial charge >= 0.3 is 0 Å². The number of likely N-dealkylation sites (N-methyl/N-ethyl adjacent to an activating group) is 1. The fraction of sp³-hybridized carbons (Fsp3) is 0.200. The van der Waals surface area contributed by atoms with Gasteiger partial charge in [-0.15, -0.1) is 0 Å². The summed E-state index contributed by atoms with van der Waals surface area (Å²) in [7, 11) is 1.99. The second-order valence-electron chi connectivity index (χ2n) is 6.05. The number of halogens is 2. The minimum atomic E-state index is -0.400. The Hall–Kier alpha value is -2.62. The van der Waals surface area contributed by atoms with Gasteiger partial charge in [0.1, 0.15) is 17.4 Å². The van der Waals surface area contributed by atoms with Gasteiger partial charge in [0, 0.05) is 25.1 Å². The first-order chi connectivity index (χ1) is 11.5. The first kappa shape index (κ1) is 16.2. The van der Waals surface area contributed by atoms with E-state index >= 15 is 0 Å². The first-order valence-corrected chi connectivity index (χ1v) is 7.84. The average molecular weight is 327 g/mol. The molecular formula is C20H19F2NO. The molecule has 2 nitrogen and oxygen atoms in total. The van der Waals surface area contributed by atoms with Gasteiger partial charge in [0.15, 0.2) is 0 Å². The molecule has 1 unspecified atom stereocenters. The number of hydrogen-bond acceptors (Lipinski definition) is 2. The Balaban J connectivity index is 1.99. The fourth-order valence-electron chi connectivity index (χ4n) is 2.91. The van der Waals surface area contributed by atoms with Crippen molar-refractivity contribution in [3.05, 3.63) is 89.2 Å². The number of phenolic OH excluding ortho intramolecular Hbond substituents is 1. The molecule has 24 heavy (non-hydrogen) atoms. The lowest BCUT2D eigenvalue weighted by atomic mass is 9.84. The van der Waals surface area contributed by atoms with E-state index in [1.165, 1.54) is 30.3 Å². The minimum absolute atomic E-state index is 0.0447. The Kier molecular flexibility index (Phi) is 4.65. The van der Waals surface area contributed by atoms with E-state index in [0.29, 0.717) is 12.0 Å². The Bertz CT molecular complexity index is 781. The van der Waals surface area contributed by atoms with Crippen LogP contribution >= 0.6 is 0 Å². The SMILES string of the molecule is CN1C=CC(CC(c2ccc(F)cc2)c2cc(F)ccc2O)=CC1. The lowest BCUT2D eigenvalue weighted by Gasteiger charge is -2.23. The van der Waals surface area contributed by atoms with Gasteiger partial charge in [-0.05, 0) is 60.2 Å². The predicted molar refractivity (Wildman–Crippen MR) is 90.8 cm³/mol. The van der Waals surface area contributed by atoms with E-state index < -0.39 is 5.82 Å². The summed E-state index contributed by atoms with van der Waals surface area (Å²) in [6.45, 7) is 0.803. The highest BCUT2D eigenvalue weighted by molar-refractivity contribution is 5.43. The third-order valence-electron chi connectivity index (χ3n) is 4.26. The van der Waals surface area contributed by atoms with Crippen LogP contribution in [-0.2, 0) is 0 Å².